The molecule has 0 aromatic carbocycles. The van der Waals surface area contributed by atoms with Gasteiger partial charge in [-0.3, -0.25) is 4.57 Å². The first-order valence-corrected chi connectivity index (χ1v) is 7.55. The summed E-state index contributed by atoms with van der Waals surface area (Å²) in [7, 11) is -0.827. The van der Waals surface area contributed by atoms with Gasteiger partial charge in [0.2, 0.25) is 0 Å². The fourth-order valence-corrected chi connectivity index (χ4v) is 1.89. The van der Waals surface area contributed by atoms with Crippen LogP contribution in [0.3, 0.4) is 0 Å². The molecular weight excluding hydrogens is 234 g/mol. The van der Waals surface area contributed by atoms with Gasteiger partial charge in [-0.15, -0.1) is 0 Å². The van der Waals surface area contributed by atoms with Crippen LogP contribution in [-0.2, 0) is 4.43 Å². The lowest BCUT2D eigenvalue weighted by molar-refractivity contribution is 0.237. The number of amides is 1. The third kappa shape index (κ3) is 4.70. The molecule has 94 valence electrons. The average Bonchev–Trinajstić information content (AvgIpc) is 2.75. The molecule has 0 radical (unpaired) electrons. The first kappa shape index (κ1) is 13.9. The van der Waals surface area contributed by atoms with Crippen molar-refractivity contribution in [2.45, 2.75) is 32.4 Å². The molecule has 1 heterocycles. The standard InChI is InChI=1S/C11H19N3O2Si/c1-11(2,3)17(4)16-8-6-13-10(15)14-7-5-12-9-14/h5,7,9H,6,8H2,1-4H3/p+1. The van der Waals surface area contributed by atoms with E-state index in [2.05, 4.69) is 37.6 Å². The molecular formula is C11H20N3O2Si+. The van der Waals surface area contributed by atoms with Crippen molar-refractivity contribution in [2.24, 2.45) is 0 Å². The fourth-order valence-electron chi connectivity index (χ4n) is 1.05. The third-order valence-corrected chi connectivity index (χ3v) is 5.24. The molecule has 0 spiro atoms. The Morgan fingerprint density at radius 1 is 1.53 bits per heavy atom. The lowest BCUT2D eigenvalue weighted by atomic mass is 10.3. The molecule has 0 unspecified atom stereocenters. The molecule has 6 heteroatoms. The van der Waals surface area contributed by atoms with Gasteiger partial charge < -0.3 is 5.32 Å². The van der Waals surface area contributed by atoms with Crippen LogP contribution in [-0.4, -0.2) is 37.8 Å². The highest BCUT2D eigenvalue weighted by Crippen LogP contribution is 2.26. The van der Waals surface area contributed by atoms with Gasteiger partial charge in [0.25, 0.3) is 0 Å². The van der Waals surface area contributed by atoms with Gasteiger partial charge in [-0.1, -0.05) is 0 Å². The van der Waals surface area contributed by atoms with Crippen molar-refractivity contribution in [2.75, 3.05) is 13.2 Å². The molecule has 17 heavy (non-hydrogen) atoms. The van der Waals surface area contributed by atoms with Gasteiger partial charge in [0, 0.05) is 18.9 Å². The van der Waals surface area contributed by atoms with Crippen LogP contribution in [0.5, 0.6) is 0 Å². The van der Waals surface area contributed by atoms with Crippen molar-refractivity contribution in [1.82, 2.24) is 14.9 Å². The highest BCUT2D eigenvalue weighted by molar-refractivity contribution is 6.53. The van der Waals surface area contributed by atoms with Crippen molar-refractivity contribution in [3.63, 3.8) is 0 Å². The second kappa shape index (κ2) is 5.97. The zero-order valence-corrected chi connectivity index (χ0v) is 11.9. The Kier molecular flexibility index (Phi) is 4.89. The van der Waals surface area contributed by atoms with Crippen LogP contribution in [0.2, 0.25) is 11.6 Å². The summed E-state index contributed by atoms with van der Waals surface area (Å²) >= 11 is 0. The molecule has 1 aromatic heterocycles. The molecule has 5 nitrogen and oxygen atoms in total. The highest BCUT2D eigenvalue weighted by atomic mass is 28.3. The Balaban J connectivity index is 2.19. The van der Waals surface area contributed by atoms with E-state index in [9.17, 15) is 4.79 Å². The van der Waals surface area contributed by atoms with Gasteiger partial charge in [-0.25, -0.2) is 14.2 Å². The Hall–Kier alpha value is -1.14. The zero-order chi connectivity index (χ0) is 12.9. The Morgan fingerprint density at radius 2 is 2.24 bits per heavy atom. The number of hydrogen-bond donors (Lipinski definition) is 1. The van der Waals surface area contributed by atoms with E-state index < -0.39 is 9.04 Å². The van der Waals surface area contributed by atoms with Crippen molar-refractivity contribution < 1.29 is 9.22 Å². The molecule has 0 aliphatic carbocycles. The summed E-state index contributed by atoms with van der Waals surface area (Å²) in [4.78, 5) is 15.3. The van der Waals surface area contributed by atoms with E-state index in [0.29, 0.717) is 13.2 Å². The van der Waals surface area contributed by atoms with Crippen LogP contribution in [0.4, 0.5) is 4.79 Å². The summed E-state index contributed by atoms with van der Waals surface area (Å²) < 4.78 is 7.14. The van der Waals surface area contributed by atoms with Gasteiger partial charge in [-0.2, -0.15) is 0 Å². The van der Waals surface area contributed by atoms with Crippen LogP contribution in [0.15, 0.2) is 18.7 Å². The fraction of sp³-hybridized carbons (Fsp3) is 0.636. The van der Waals surface area contributed by atoms with E-state index in [1.807, 2.05) is 0 Å². The maximum Gasteiger partial charge on any atom is 0.475 e. The summed E-state index contributed by atoms with van der Waals surface area (Å²) in [5.41, 5.74) is 0. The van der Waals surface area contributed by atoms with Gasteiger partial charge >= 0.3 is 15.1 Å². The number of carbonyl (C=O) groups is 1. The Morgan fingerprint density at radius 3 is 2.76 bits per heavy atom. The molecule has 1 amide bonds. The van der Waals surface area contributed by atoms with Crippen LogP contribution < -0.4 is 5.32 Å². The van der Waals surface area contributed by atoms with Gasteiger partial charge in [-0.05, 0) is 20.8 Å². The second-order valence-electron chi connectivity index (χ2n) is 4.86. The molecule has 0 atom stereocenters. The topological polar surface area (TPSA) is 56.1 Å². The van der Waals surface area contributed by atoms with E-state index in [-0.39, 0.29) is 11.1 Å². The normalized spacial score (nSPS) is 11.3. The average molecular weight is 254 g/mol. The summed E-state index contributed by atoms with van der Waals surface area (Å²) in [5, 5.41) is 2.99. The summed E-state index contributed by atoms with van der Waals surface area (Å²) in [6.07, 6.45) is 4.66. The molecule has 0 saturated carbocycles. The molecule has 0 aliphatic heterocycles. The summed E-state index contributed by atoms with van der Waals surface area (Å²) in [6.45, 7) is 9.74. The number of carbonyl (C=O) groups excluding carboxylic acids is 1. The minimum atomic E-state index is -0.827. The number of aromatic nitrogens is 2. The molecule has 0 aliphatic rings. The Labute approximate surface area is 104 Å². The van der Waals surface area contributed by atoms with Crippen LogP contribution >= 0.6 is 0 Å². The van der Waals surface area contributed by atoms with E-state index >= 15 is 0 Å². The maximum absolute atomic E-state index is 11.5. The first-order chi connectivity index (χ1) is 7.91. The number of rotatable bonds is 4. The molecule has 0 bridgehead atoms. The minimum Gasteiger partial charge on any atom is -0.335 e. The number of hydrogen-bond acceptors (Lipinski definition) is 3. The van der Waals surface area contributed by atoms with Crippen LogP contribution in [0, 0.1) is 0 Å². The summed E-state index contributed by atoms with van der Waals surface area (Å²) in [5.74, 6) is 0. The van der Waals surface area contributed by atoms with E-state index in [0.717, 1.165) is 0 Å². The van der Waals surface area contributed by atoms with Gasteiger partial charge in [0.1, 0.15) is 18.0 Å². The first-order valence-electron chi connectivity index (χ1n) is 5.64. The van der Waals surface area contributed by atoms with Crippen molar-refractivity contribution >= 4 is 15.1 Å². The van der Waals surface area contributed by atoms with Crippen LogP contribution in [0.1, 0.15) is 20.8 Å². The lowest BCUT2D eigenvalue weighted by Gasteiger charge is -2.12. The monoisotopic (exact) mass is 254 g/mol. The predicted molar refractivity (Wildman–Crippen MR) is 68.3 cm³/mol. The highest BCUT2D eigenvalue weighted by Gasteiger charge is 2.38. The van der Waals surface area contributed by atoms with E-state index in [1.165, 1.54) is 10.9 Å². The molecule has 0 saturated heterocycles. The van der Waals surface area contributed by atoms with E-state index in [4.69, 9.17) is 4.43 Å². The number of imidazole rings is 1. The van der Waals surface area contributed by atoms with Crippen LogP contribution in [0.25, 0.3) is 0 Å². The van der Waals surface area contributed by atoms with Crippen molar-refractivity contribution in [1.29, 1.82) is 0 Å². The summed E-state index contributed by atoms with van der Waals surface area (Å²) in [6, 6.07) is -0.174. The van der Waals surface area contributed by atoms with Crippen molar-refractivity contribution in [3.8, 4) is 0 Å². The van der Waals surface area contributed by atoms with Crippen molar-refractivity contribution in [3.05, 3.63) is 18.7 Å². The van der Waals surface area contributed by atoms with Gasteiger partial charge in [0.15, 0.2) is 0 Å². The molecule has 1 N–H and O–H groups in total. The predicted octanol–water partition coefficient (Wildman–Crippen LogP) is 1.88. The maximum atomic E-state index is 11.5. The zero-order valence-electron chi connectivity index (χ0n) is 10.9. The Bertz CT molecular complexity index is 346. The van der Waals surface area contributed by atoms with Gasteiger partial charge in [0.05, 0.1) is 6.55 Å². The number of nitrogens with zero attached hydrogens (tertiary/aromatic N) is 2. The second-order valence-corrected chi connectivity index (χ2v) is 7.76. The minimum absolute atomic E-state index is 0.174. The lowest BCUT2D eigenvalue weighted by Crippen LogP contribution is -2.34. The molecule has 0 fully saturated rings. The molecule has 1 aromatic rings. The smallest absolute Gasteiger partial charge is 0.335 e. The van der Waals surface area contributed by atoms with E-state index in [1.54, 1.807) is 12.4 Å². The quantitative estimate of drug-likeness (QED) is 0.659. The SMILES string of the molecule is C[Si+](OCCNC(=O)n1ccnc1)C(C)(C)C. The largest absolute Gasteiger partial charge is 0.475 e. The third-order valence-electron chi connectivity index (χ3n) is 2.49. The molecule has 1 rings (SSSR count). The number of nitrogens with one attached hydrogen (secondary N) is 1.